The lowest BCUT2D eigenvalue weighted by molar-refractivity contribution is 0.395. The van der Waals surface area contributed by atoms with E-state index >= 15 is 0 Å². The number of fused-ring (bicyclic) bond motifs is 1. The van der Waals surface area contributed by atoms with E-state index in [1.165, 1.54) is 0 Å². The van der Waals surface area contributed by atoms with Gasteiger partial charge in [-0.1, -0.05) is 24.3 Å². The molecule has 0 atom stereocenters. The SMILES string of the molecule is COc1cc(Nc2nc3ccccc3nc2NS(=O)(=O)c2cccc(-c3sccc3C)c2)cc(OC)c1. The third kappa shape index (κ3) is 5.20. The second kappa shape index (κ2) is 10.1. The van der Waals surface area contributed by atoms with E-state index in [9.17, 15) is 8.42 Å². The number of sulfonamides is 1. The summed E-state index contributed by atoms with van der Waals surface area (Å²) in [4.78, 5) is 10.4. The number of rotatable bonds is 8. The Hall–Kier alpha value is -4.15. The first kappa shape index (κ1) is 24.5. The summed E-state index contributed by atoms with van der Waals surface area (Å²) in [7, 11) is -0.875. The van der Waals surface area contributed by atoms with Crippen molar-refractivity contribution >= 4 is 49.7 Å². The molecule has 8 nitrogen and oxygen atoms in total. The Kier molecular flexibility index (Phi) is 6.68. The topological polar surface area (TPSA) is 102 Å². The Morgan fingerprint density at radius 1 is 0.811 bits per heavy atom. The number of nitrogens with one attached hydrogen (secondary N) is 2. The number of aryl methyl sites for hydroxylation is 1. The summed E-state index contributed by atoms with van der Waals surface area (Å²) in [6, 6.07) is 21.4. The quantitative estimate of drug-likeness (QED) is 0.244. The number of benzene rings is 3. The lowest BCUT2D eigenvalue weighted by Crippen LogP contribution is -2.16. The molecule has 5 rings (SSSR count). The molecule has 2 heterocycles. The van der Waals surface area contributed by atoms with Gasteiger partial charge in [-0.3, -0.25) is 4.72 Å². The number of nitrogens with zero attached hydrogens (tertiary/aromatic N) is 2. The van der Waals surface area contributed by atoms with E-state index in [1.54, 1.807) is 68.0 Å². The molecular formula is C27H24N4O4S2. The van der Waals surface area contributed by atoms with Gasteiger partial charge in [-0.2, -0.15) is 0 Å². The van der Waals surface area contributed by atoms with Gasteiger partial charge in [0.05, 0.1) is 30.1 Å². The molecule has 2 aromatic heterocycles. The zero-order valence-corrected chi connectivity index (χ0v) is 22.0. The smallest absolute Gasteiger partial charge is 0.263 e. The number of hydrogen-bond donors (Lipinski definition) is 2. The van der Waals surface area contributed by atoms with Crippen LogP contribution in [0.15, 0.2) is 83.1 Å². The molecule has 0 saturated carbocycles. The van der Waals surface area contributed by atoms with Gasteiger partial charge < -0.3 is 14.8 Å². The van der Waals surface area contributed by atoms with Crippen molar-refractivity contribution in [3.05, 3.63) is 83.7 Å². The molecular weight excluding hydrogens is 508 g/mol. The first-order chi connectivity index (χ1) is 17.9. The van der Waals surface area contributed by atoms with Gasteiger partial charge in [0, 0.05) is 28.8 Å². The Balaban J connectivity index is 1.56. The molecule has 10 heteroatoms. The van der Waals surface area contributed by atoms with Crippen LogP contribution in [0.2, 0.25) is 0 Å². The van der Waals surface area contributed by atoms with E-state index in [1.807, 2.05) is 42.6 Å². The lowest BCUT2D eigenvalue weighted by atomic mass is 10.1. The van der Waals surface area contributed by atoms with E-state index in [0.717, 1.165) is 16.0 Å². The molecule has 0 saturated heterocycles. The summed E-state index contributed by atoms with van der Waals surface area (Å²) in [6.07, 6.45) is 0. The molecule has 0 amide bonds. The predicted octanol–water partition coefficient (Wildman–Crippen LogP) is 6.23. The molecule has 3 aromatic carbocycles. The van der Waals surface area contributed by atoms with Crippen LogP contribution in [-0.4, -0.2) is 32.6 Å². The zero-order valence-electron chi connectivity index (χ0n) is 20.3. The number of hydrogen-bond acceptors (Lipinski definition) is 8. The number of methoxy groups -OCH3 is 2. The second-order valence-corrected chi connectivity index (χ2v) is 10.8. The minimum Gasteiger partial charge on any atom is -0.497 e. The molecule has 2 N–H and O–H groups in total. The maximum Gasteiger partial charge on any atom is 0.263 e. The van der Waals surface area contributed by atoms with Crippen LogP contribution in [0.25, 0.3) is 21.5 Å². The highest BCUT2D eigenvalue weighted by Gasteiger charge is 2.20. The van der Waals surface area contributed by atoms with Crippen LogP contribution in [0.3, 0.4) is 0 Å². The van der Waals surface area contributed by atoms with Crippen molar-refractivity contribution in [1.29, 1.82) is 0 Å². The van der Waals surface area contributed by atoms with Crippen molar-refractivity contribution in [1.82, 2.24) is 9.97 Å². The van der Waals surface area contributed by atoms with Gasteiger partial charge in [0.2, 0.25) is 0 Å². The highest BCUT2D eigenvalue weighted by atomic mass is 32.2. The van der Waals surface area contributed by atoms with Crippen LogP contribution >= 0.6 is 11.3 Å². The summed E-state index contributed by atoms with van der Waals surface area (Å²) >= 11 is 1.57. The van der Waals surface area contributed by atoms with Crippen LogP contribution in [0, 0.1) is 6.92 Å². The molecule has 0 fully saturated rings. The predicted molar refractivity (Wildman–Crippen MR) is 148 cm³/mol. The van der Waals surface area contributed by atoms with E-state index in [4.69, 9.17) is 9.47 Å². The summed E-state index contributed by atoms with van der Waals surface area (Å²) in [5.41, 5.74) is 3.68. The summed E-state index contributed by atoms with van der Waals surface area (Å²) < 4.78 is 40.4. The van der Waals surface area contributed by atoms with Crippen molar-refractivity contribution in [2.24, 2.45) is 0 Å². The third-order valence-electron chi connectivity index (χ3n) is 5.68. The molecule has 0 bridgehead atoms. The van der Waals surface area contributed by atoms with Crippen molar-refractivity contribution in [3.8, 4) is 21.9 Å². The van der Waals surface area contributed by atoms with E-state index in [0.29, 0.717) is 28.2 Å². The van der Waals surface area contributed by atoms with Crippen LogP contribution in [0.4, 0.5) is 17.3 Å². The fourth-order valence-corrected chi connectivity index (χ4v) is 5.81. The minimum absolute atomic E-state index is 0.0678. The summed E-state index contributed by atoms with van der Waals surface area (Å²) in [5.74, 6) is 1.44. The van der Waals surface area contributed by atoms with Gasteiger partial charge in [-0.25, -0.2) is 18.4 Å². The van der Waals surface area contributed by atoms with Crippen molar-refractivity contribution < 1.29 is 17.9 Å². The first-order valence-corrected chi connectivity index (χ1v) is 13.7. The number of anilines is 3. The standard InChI is InChI=1S/C27H24N4O4S2/c1-17-11-12-36-25(17)18-7-6-8-22(13-18)37(32,33)31-27-26(29-23-9-4-5-10-24(23)30-27)28-19-14-20(34-2)16-21(15-19)35-3/h4-16H,1-3H3,(H,28,29)(H,30,31). The molecule has 0 spiro atoms. The number of para-hydroxylation sites is 2. The third-order valence-corrected chi connectivity index (χ3v) is 8.09. The average molecular weight is 533 g/mol. The summed E-state index contributed by atoms with van der Waals surface area (Å²) in [6.45, 7) is 2.00. The average Bonchev–Trinajstić information content (AvgIpc) is 3.34. The molecule has 188 valence electrons. The maximum absolute atomic E-state index is 13.5. The Bertz CT molecular complexity index is 1680. The van der Waals surface area contributed by atoms with Gasteiger partial charge in [0.1, 0.15) is 11.5 Å². The molecule has 0 radical (unpaired) electrons. The first-order valence-electron chi connectivity index (χ1n) is 11.3. The van der Waals surface area contributed by atoms with Gasteiger partial charge in [-0.05, 0) is 53.8 Å². The fraction of sp³-hybridized carbons (Fsp3) is 0.111. The minimum atomic E-state index is -3.99. The molecule has 37 heavy (non-hydrogen) atoms. The fourth-order valence-electron chi connectivity index (χ4n) is 3.83. The number of aromatic nitrogens is 2. The number of thiophene rings is 1. The van der Waals surface area contributed by atoms with Gasteiger partial charge in [0.25, 0.3) is 10.0 Å². The van der Waals surface area contributed by atoms with Crippen LogP contribution in [0.5, 0.6) is 11.5 Å². The number of ether oxygens (including phenoxy) is 2. The largest absolute Gasteiger partial charge is 0.497 e. The Morgan fingerprint density at radius 2 is 1.49 bits per heavy atom. The summed E-state index contributed by atoms with van der Waals surface area (Å²) in [5, 5.41) is 5.16. The van der Waals surface area contributed by atoms with Crippen LogP contribution < -0.4 is 19.5 Å². The maximum atomic E-state index is 13.5. The normalized spacial score (nSPS) is 11.3. The Morgan fingerprint density at radius 3 is 2.11 bits per heavy atom. The molecule has 0 aliphatic carbocycles. The van der Waals surface area contributed by atoms with Crippen LogP contribution in [0.1, 0.15) is 5.56 Å². The Labute approximate surface area is 219 Å². The van der Waals surface area contributed by atoms with Gasteiger partial charge in [-0.15, -0.1) is 11.3 Å². The van der Waals surface area contributed by atoms with Gasteiger partial charge in [0.15, 0.2) is 11.6 Å². The molecule has 0 aliphatic heterocycles. The van der Waals surface area contributed by atoms with E-state index < -0.39 is 10.0 Å². The van der Waals surface area contributed by atoms with Crippen molar-refractivity contribution in [2.45, 2.75) is 11.8 Å². The highest BCUT2D eigenvalue weighted by Crippen LogP contribution is 2.33. The lowest BCUT2D eigenvalue weighted by Gasteiger charge is -2.15. The van der Waals surface area contributed by atoms with Crippen LogP contribution in [-0.2, 0) is 10.0 Å². The monoisotopic (exact) mass is 532 g/mol. The van der Waals surface area contributed by atoms with E-state index in [-0.39, 0.29) is 16.5 Å². The zero-order chi connectivity index (χ0) is 26.0. The molecule has 5 aromatic rings. The van der Waals surface area contributed by atoms with Crippen molar-refractivity contribution in [3.63, 3.8) is 0 Å². The molecule has 0 unspecified atom stereocenters. The van der Waals surface area contributed by atoms with E-state index in [2.05, 4.69) is 20.0 Å². The highest BCUT2D eigenvalue weighted by molar-refractivity contribution is 7.92. The molecule has 0 aliphatic rings. The van der Waals surface area contributed by atoms with Gasteiger partial charge >= 0.3 is 0 Å². The second-order valence-electron chi connectivity index (χ2n) is 8.20. The van der Waals surface area contributed by atoms with Crippen molar-refractivity contribution in [2.75, 3.05) is 24.3 Å².